The normalized spacial score (nSPS) is 17.4. The van der Waals surface area contributed by atoms with Crippen LogP contribution < -0.4 is 10.6 Å². The van der Waals surface area contributed by atoms with Gasteiger partial charge in [0.15, 0.2) is 5.96 Å². The van der Waals surface area contributed by atoms with E-state index in [-0.39, 0.29) is 35.8 Å². The molecule has 174 valence electrons. The van der Waals surface area contributed by atoms with Gasteiger partial charge in [-0.25, -0.2) is 13.4 Å². The Labute approximate surface area is 198 Å². The second kappa shape index (κ2) is 12.8. The summed E-state index contributed by atoms with van der Waals surface area (Å²) in [5.74, 6) is 3.21. The molecule has 0 amide bonds. The fourth-order valence-electron chi connectivity index (χ4n) is 3.36. The molecular formula is C20H38IN5O3S. The number of aliphatic imine (C=N–C) groups is 1. The van der Waals surface area contributed by atoms with Gasteiger partial charge >= 0.3 is 0 Å². The number of oxazole rings is 1. The van der Waals surface area contributed by atoms with Crippen LogP contribution in [0, 0.1) is 19.8 Å². The van der Waals surface area contributed by atoms with Crippen molar-refractivity contribution in [3.8, 4) is 0 Å². The van der Waals surface area contributed by atoms with Crippen molar-refractivity contribution in [1.82, 2.24) is 20.5 Å². The van der Waals surface area contributed by atoms with E-state index in [1.165, 1.54) is 6.26 Å². The van der Waals surface area contributed by atoms with E-state index in [2.05, 4.69) is 20.5 Å². The third-order valence-corrected chi connectivity index (χ3v) is 6.27. The molecule has 0 aliphatic carbocycles. The summed E-state index contributed by atoms with van der Waals surface area (Å²) < 4.78 is 28.4. The monoisotopic (exact) mass is 555 g/mol. The smallest absolute Gasteiger partial charge is 0.208 e. The van der Waals surface area contributed by atoms with Crippen LogP contribution in [0.25, 0.3) is 0 Å². The molecule has 0 bridgehead atoms. The highest BCUT2D eigenvalue weighted by molar-refractivity contribution is 14.0. The van der Waals surface area contributed by atoms with Gasteiger partial charge in [-0.05, 0) is 66.0 Å². The second-order valence-electron chi connectivity index (χ2n) is 8.15. The van der Waals surface area contributed by atoms with Gasteiger partial charge in [-0.2, -0.15) is 0 Å². The van der Waals surface area contributed by atoms with Gasteiger partial charge < -0.3 is 15.1 Å². The van der Waals surface area contributed by atoms with E-state index in [1.54, 1.807) is 0 Å². The van der Waals surface area contributed by atoms with Crippen LogP contribution in [0.1, 0.15) is 50.5 Å². The van der Waals surface area contributed by atoms with Crippen LogP contribution >= 0.6 is 24.0 Å². The lowest BCUT2D eigenvalue weighted by molar-refractivity contribution is 0.166. The van der Waals surface area contributed by atoms with Gasteiger partial charge in [0.25, 0.3) is 0 Å². The van der Waals surface area contributed by atoms with Crippen LogP contribution in [-0.2, 0) is 16.4 Å². The fraction of sp³-hybridized carbons (Fsp3) is 0.800. The van der Waals surface area contributed by atoms with Gasteiger partial charge in [-0.3, -0.25) is 9.89 Å². The molecule has 1 aliphatic heterocycles. The van der Waals surface area contributed by atoms with E-state index in [9.17, 15) is 8.42 Å². The maximum atomic E-state index is 11.4. The number of piperidine rings is 1. The molecule has 10 heteroatoms. The molecule has 8 nitrogen and oxygen atoms in total. The van der Waals surface area contributed by atoms with Gasteiger partial charge in [-0.15, -0.1) is 24.0 Å². The molecule has 0 spiro atoms. The van der Waals surface area contributed by atoms with Gasteiger partial charge in [0.05, 0.1) is 18.0 Å². The lowest BCUT2D eigenvalue weighted by Crippen LogP contribution is -2.43. The maximum absolute atomic E-state index is 11.4. The van der Waals surface area contributed by atoms with Crippen LogP contribution in [0.2, 0.25) is 0 Å². The highest BCUT2D eigenvalue weighted by Crippen LogP contribution is 2.20. The van der Waals surface area contributed by atoms with Crippen molar-refractivity contribution in [3.63, 3.8) is 0 Å². The minimum atomic E-state index is -2.94. The number of rotatable bonds is 9. The average molecular weight is 556 g/mol. The van der Waals surface area contributed by atoms with E-state index in [0.717, 1.165) is 68.9 Å². The van der Waals surface area contributed by atoms with Crippen molar-refractivity contribution in [2.24, 2.45) is 10.9 Å². The maximum Gasteiger partial charge on any atom is 0.208 e. The first-order valence-corrected chi connectivity index (χ1v) is 12.6. The Kier molecular flexibility index (Phi) is 11.6. The molecule has 2 heterocycles. The van der Waals surface area contributed by atoms with Crippen molar-refractivity contribution in [1.29, 1.82) is 0 Å². The van der Waals surface area contributed by atoms with Gasteiger partial charge in [0.2, 0.25) is 5.89 Å². The summed E-state index contributed by atoms with van der Waals surface area (Å²) in [4.78, 5) is 11.6. The topological polar surface area (TPSA) is 99.8 Å². The molecule has 2 rings (SSSR count). The van der Waals surface area contributed by atoms with Crippen LogP contribution in [-0.4, -0.2) is 68.5 Å². The number of hydrogen-bond acceptors (Lipinski definition) is 6. The van der Waals surface area contributed by atoms with E-state index >= 15 is 0 Å². The molecule has 1 aliphatic rings. The van der Waals surface area contributed by atoms with Gasteiger partial charge in [-0.1, -0.05) is 0 Å². The van der Waals surface area contributed by atoms with Crippen molar-refractivity contribution in [2.45, 2.75) is 59.5 Å². The average Bonchev–Trinajstić information content (AvgIpc) is 2.96. The van der Waals surface area contributed by atoms with E-state index in [4.69, 9.17) is 9.41 Å². The molecule has 1 atom stereocenters. The first kappa shape index (κ1) is 27.2. The Balaban J connectivity index is 0.00000450. The molecule has 1 saturated heterocycles. The SMILES string of the molecule is CCNC(=NCC1CCN(Cc2nc(C)c(C)o2)CC1)NC(C)CCS(C)(=O)=O.I. The van der Waals surface area contributed by atoms with Crippen LogP contribution in [0.5, 0.6) is 0 Å². The molecule has 1 unspecified atom stereocenters. The number of guanidine groups is 1. The number of likely N-dealkylation sites (tertiary alicyclic amines) is 1. The summed E-state index contributed by atoms with van der Waals surface area (Å²) in [5, 5.41) is 6.58. The highest BCUT2D eigenvalue weighted by Gasteiger charge is 2.21. The Morgan fingerprint density at radius 3 is 2.53 bits per heavy atom. The summed E-state index contributed by atoms with van der Waals surface area (Å²) in [7, 11) is -2.94. The zero-order valence-corrected chi connectivity index (χ0v) is 22.0. The highest BCUT2D eigenvalue weighted by atomic mass is 127. The van der Waals surface area contributed by atoms with Gasteiger partial charge in [0.1, 0.15) is 15.6 Å². The van der Waals surface area contributed by atoms with E-state index < -0.39 is 9.84 Å². The fourth-order valence-corrected chi connectivity index (χ4v) is 4.14. The lowest BCUT2D eigenvalue weighted by atomic mass is 9.97. The first-order valence-electron chi connectivity index (χ1n) is 10.5. The number of aromatic nitrogens is 1. The predicted octanol–water partition coefficient (Wildman–Crippen LogP) is 2.50. The Morgan fingerprint density at radius 2 is 2.00 bits per heavy atom. The standard InChI is InChI=1S/C20H37N5O3S.HI/c1-6-21-20(23-15(2)9-12-29(5,26)27)22-13-18-7-10-25(11-8-18)14-19-24-16(3)17(4)28-19;/h15,18H,6-14H2,1-5H3,(H2,21,22,23);1H. The molecule has 0 aromatic carbocycles. The number of hydrogen-bond donors (Lipinski definition) is 2. The number of aryl methyl sites for hydroxylation is 2. The Morgan fingerprint density at radius 1 is 1.33 bits per heavy atom. The van der Waals surface area contributed by atoms with E-state index in [0.29, 0.717) is 12.3 Å². The number of sulfone groups is 1. The molecule has 30 heavy (non-hydrogen) atoms. The van der Waals surface area contributed by atoms with Gasteiger partial charge in [0, 0.05) is 25.4 Å². The molecule has 2 N–H and O–H groups in total. The van der Waals surface area contributed by atoms with Crippen LogP contribution in [0.15, 0.2) is 9.41 Å². The van der Waals surface area contributed by atoms with Crippen molar-refractivity contribution in [2.75, 3.05) is 38.2 Å². The summed E-state index contributed by atoms with van der Waals surface area (Å²) in [6.07, 6.45) is 4.05. The number of halogens is 1. The summed E-state index contributed by atoms with van der Waals surface area (Å²) in [5.41, 5.74) is 0.971. The largest absolute Gasteiger partial charge is 0.444 e. The molecule has 1 aromatic rings. The van der Waals surface area contributed by atoms with Crippen LogP contribution in [0.4, 0.5) is 0 Å². The lowest BCUT2D eigenvalue weighted by Gasteiger charge is -2.30. The number of nitrogens with one attached hydrogen (secondary N) is 2. The van der Waals surface area contributed by atoms with Crippen LogP contribution in [0.3, 0.4) is 0 Å². The molecule has 1 fully saturated rings. The molecular weight excluding hydrogens is 517 g/mol. The zero-order chi connectivity index (χ0) is 21.4. The summed E-state index contributed by atoms with van der Waals surface area (Å²) >= 11 is 0. The predicted molar refractivity (Wildman–Crippen MR) is 132 cm³/mol. The molecule has 0 radical (unpaired) electrons. The zero-order valence-electron chi connectivity index (χ0n) is 18.9. The molecule has 1 aromatic heterocycles. The third-order valence-electron chi connectivity index (χ3n) is 5.30. The third kappa shape index (κ3) is 9.95. The quantitative estimate of drug-likeness (QED) is 0.275. The van der Waals surface area contributed by atoms with E-state index in [1.807, 2.05) is 27.7 Å². The summed E-state index contributed by atoms with van der Waals surface area (Å²) in [6, 6.07) is 0.0529. The Bertz CT molecular complexity index is 754. The minimum absolute atomic E-state index is 0. The van der Waals surface area contributed by atoms with Crippen molar-refractivity contribution in [3.05, 3.63) is 17.3 Å². The number of nitrogens with zero attached hydrogens (tertiary/aromatic N) is 3. The second-order valence-corrected chi connectivity index (χ2v) is 10.4. The minimum Gasteiger partial charge on any atom is -0.444 e. The molecule has 0 saturated carbocycles. The van der Waals surface area contributed by atoms with Crippen molar-refractivity contribution >= 4 is 39.8 Å². The Hall–Kier alpha value is -0.880. The first-order chi connectivity index (χ1) is 13.7. The summed E-state index contributed by atoms with van der Waals surface area (Å²) in [6.45, 7) is 12.3. The van der Waals surface area contributed by atoms with Crippen molar-refractivity contribution < 1.29 is 12.8 Å².